The van der Waals surface area contributed by atoms with Crippen LogP contribution in [0.5, 0.6) is 0 Å². The third-order valence-corrected chi connectivity index (χ3v) is 1.49. The van der Waals surface area contributed by atoms with Crippen LogP contribution in [-0.4, -0.2) is 19.9 Å². The summed E-state index contributed by atoms with van der Waals surface area (Å²) in [6.07, 6.45) is 6.09. The fraction of sp³-hybridized carbons (Fsp3) is 0. The molecule has 2 aromatic rings. The average molecular weight is 174 g/mol. The van der Waals surface area contributed by atoms with E-state index in [0.29, 0.717) is 5.82 Å². The van der Waals surface area contributed by atoms with Crippen molar-refractivity contribution in [1.29, 1.82) is 0 Å². The zero-order valence-corrected chi connectivity index (χ0v) is 6.64. The number of rotatable bonds is 1. The molecule has 0 aliphatic carbocycles. The Morgan fingerprint density at radius 2 is 1.85 bits per heavy atom. The van der Waals surface area contributed by atoms with E-state index in [1.54, 1.807) is 18.5 Å². The van der Waals surface area contributed by atoms with Crippen molar-refractivity contribution < 1.29 is 0 Å². The van der Waals surface area contributed by atoms with Crippen LogP contribution in [-0.2, 0) is 0 Å². The maximum atomic E-state index is 11.2. The average Bonchev–Trinajstić information content (AvgIpc) is 2.20. The van der Waals surface area contributed by atoms with Gasteiger partial charge in [-0.3, -0.25) is 4.79 Å². The molecule has 2 heterocycles. The van der Waals surface area contributed by atoms with Crippen LogP contribution in [0.15, 0.2) is 35.6 Å². The molecule has 0 atom stereocenters. The van der Waals surface area contributed by atoms with Gasteiger partial charge >= 0.3 is 0 Å². The Hall–Kier alpha value is -2.04. The van der Waals surface area contributed by atoms with Crippen LogP contribution in [0.1, 0.15) is 0 Å². The second-order valence-electron chi connectivity index (χ2n) is 2.34. The van der Waals surface area contributed by atoms with Crippen molar-refractivity contribution in [3.8, 4) is 11.5 Å². The van der Waals surface area contributed by atoms with Crippen molar-refractivity contribution in [1.82, 2.24) is 19.9 Å². The van der Waals surface area contributed by atoms with Gasteiger partial charge in [0, 0.05) is 24.8 Å². The highest BCUT2D eigenvalue weighted by Crippen LogP contribution is 2.01. The second kappa shape index (κ2) is 3.14. The van der Waals surface area contributed by atoms with Gasteiger partial charge in [0.15, 0.2) is 11.5 Å². The highest BCUT2D eigenvalue weighted by molar-refractivity contribution is 5.45. The molecule has 0 bridgehead atoms. The Morgan fingerprint density at radius 3 is 2.54 bits per heavy atom. The zero-order chi connectivity index (χ0) is 9.10. The highest BCUT2D eigenvalue weighted by Gasteiger charge is 2.04. The summed E-state index contributed by atoms with van der Waals surface area (Å²) >= 11 is 0. The lowest BCUT2D eigenvalue weighted by atomic mass is 10.4. The minimum absolute atomic E-state index is 0.239. The molecule has 0 saturated carbocycles. The van der Waals surface area contributed by atoms with Crippen LogP contribution in [0, 0.1) is 0 Å². The molecule has 2 aromatic heterocycles. The molecule has 0 spiro atoms. The summed E-state index contributed by atoms with van der Waals surface area (Å²) < 4.78 is 0. The maximum Gasteiger partial charge on any atom is 0.277 e. The van der Waals surface area contributed by atoms with Crippen LogP contribution in [0.2, 0.25) is 0 Å². The molecule has 64 valence electrons. The fourth-order valence-corrected chi connectivity index (χ4v) is 0.932. The minimum Gasteiger partial charge on any atom is -0.326 e. The maximum absolute atomic E-state index is 11.2. The van der Waals surface area contributed by atoms with E-state index < -0.39 is 0 Å². The van der Waals surface area contributed by atoms with Gasteiger partial charge in [-0.15, -0.1) is 0 Å². The van der Waals surface area contributed by atoms with E-state index >= 15 is 0 Å². The molecule has 0 amide bonds. The number of H-pyrrole nitrogens is 1. The van der Waals surface area contributed by atoms with E-state index in [1.807, 2.05) is 0 Å². The van der Waals surface area contributed by atoms with Gasteiger partial charge in [0.1, 0.15) is 0 Å². The summed E-state index contributed by atoms with van der Waals surface area (Å²) in [4.78, 5) is 25.4. The van der Waals surface area contributed by atoms with Crippen molar-refractivity contribution in [3.05, 3.63) is 41.2 Å². The Bertz CT molecular complexity index is 451. The first-order chi connectivity index (χ1) is 6.38. The molecule has 2 rings (SSSR count). The lowest BCUT2D eigenvalue weighted by Crippen LogP contribution is -2.11. The third kappa shape index (κ3) is 1.44. The van der Waals surface area contributed by atoms with E-state index in [9.17, 15) is 4.79 Å². The van der Waals surface area contributed by atoms with Gasteiger partial charge in [-0.1, -0.05) is 0 Å². The van der Waals surface area contributed by atoms with Crippen molar-refractivity contribution >= 4 is 0 Å². The molecule has 13 heavy (non-hydrogen) atoms. The normalized spacial score (nSPS) is 9.85. The van der Waals surface area contributed by atoms with Gasteiger partial charge < -0.3 is 4.98 Å². The monoisotopic (exact) mass is 174 g/mol. The molecule has 5 heteroatoms. The Morgan fingerprint density at radius 1 is 1.08 bits per heavy atom. The van der Waals surface area contributed by atoms with Gasteiger partial charge in [0.25, 0.3) is 5.56 Å². The summed E-state index contributed by atoms with van der Waals surface area (Å²) in [5, 5.41) is 0. The second-order valence-corrected chi connectivity index (χ2v) is 2.34. The third-order valence-electron chi connectivity index (χ3n) is 1.49. The van der Waals surface area contributed by atoms with E-state index in [1.165, 1.54) is 12.4 Å². The van der Waals surface area contributed by atoms with Crippen LogP contribution >= 0.6 is 0 Å². The smallest absolute Gasteiger partial charge is 0.277 e. The van der Waals surface area contributed by atoms with Crippen LogP contribution in [0.4, 0.5) is 0 Å². The van der Waals surface area contributed by atoms with Crippen molar-refractivity contribution in [3.63, 3.8) is 0 Å². The van der Waals surface area contributed by atoms with E-state index in [2.05, 4.69) is 19.9 Å². The molecule has 0 fully saturated rings. The molecular weight excluding hydrogens is 168 g/mol. The minimum atomic E-state index is -0.284. The van der Waals surface area contributed by atoms with Gasteiger partial charge in [-0.25, -0.2) is 15.0 Å². The van der Waals surface area contributed by atoms with E-state index in [4.69, 9.17) is 0 Å². The predicted molar refractivity (Wildman–Crippen MR) is 45.9 cm³/mol. The highest BCUT2D eigenvalue weighted by atomic mass is 16.1. The summed E-state index contributed by atoms with van der Waals surface area (Å²) in [6.45, 7) is 0. The van der Waals surface area contributed by atoms with Gasteiger partial charge in [-0.05, 0) is 6.07 Å². The largest absolute Gasteiger partial charge is 0.326 e. The molecular formula is C8H6N4O. The molecule has 0 radical (unpaired) electrons. The summed E-state index contributed by atoms with van der Waals surface area (Å²) in [7, 11) is 0. The molecule has 0 saturated heterocycles. The molecule has 5 nitrogen and oxygen atoms in total. The molecule has 0 aliphatic rings. The Kier molecular flexibility index (Phi) is 1.84. The van der Waals surface area contributed by atoms with Crippen LogP contribution in [0.3, 0.4) is 0 Å². The topological polar surface area (TPSA) is 71.5 Å². The Balaban J connectivity index is 2.60. The first-order valence-corrected chi connectivity index (χ1v) is 3.69. The molecule has 0 aliphatic heterocycles. The first-order valence-electron chi connectivity index (χ1n) is 3.69. The van der Waals surface area contributed by atoms with Gasteiger partial charge in [0.2, 0.25) is 0 Å². The first kappa shape index (κ1) is 7.60. The number of hydrogen-bond donors (Lipinski definition) is 1. The number of hydrogen-bond acceptors (Lipinski definition) is 4. The SMILES string of the molecule is O=c1[nH]ccnc1-c1ncccn1. The summed E-state index contributed by atoms with van der Waals surface area (Å²) in [5.41, 5.74) is -0.0446. The number of nitrogens with one attached hydrogen (secondary N) is 1. The molecule has 0 aromatic carbocycles. The van der Waals surface area contributed by atoms with Crippen LogP contribution < -0.4 is 5.56 Å². The fourth-order valence-electron chi connectivity index (χ4n) is 0.932. The van der Waals surface area contributed by atoms with Crippen molar-refractivity contribution in [2.75, 3.05) is 0 Å². The van der Waals surface area contributed by atoms with Crippen molar-refractivity contribution in [2.24, 2.45) is 0 Å². The summed E-state index contributed by atoms with van der Waals surface area (Å²) in [5.74, 6) is 0.337. The standard InChI is InChI=1S/C8H6N4O/c13-8-6(9-4-5-12-8)7-10-2-1-3-11-7/h1-5H,(H,12,13). The summed E-state index contributed by atoms with van der Waals surface area (Å²) in [6, 6.07) is 1.68. The Labute approximate surface area is 73.5 Å². The predicted octanol–water partition coefficient (Wildman–Crippen LogP) is 0.227. The molecule has 1 N–H and O–H groups in total. The quantitative estimate of drug-likeness (QED) is 0.671. The van der Waals surface area contributed by atoms with E-state index in [-0.39, 0.29) is 11.3 Å². The lowest BCUT2D eigenvalue weighted by Gasteiger charge is -1.94. The number of aromatic nitrogens is 4. The zero-order valence-electron chi connectivity index (χ0n) is 6.64. The lowest BCUT2D eigenvalue weighted by molar-refractivity contribution is 1.08. The van der Waals surface area contributed by atoms with E-state index in [0.717, 1.165) is 0 Å². The van der Waals surface area contributed by atoms with Crippen molar-refractivity contribution in [2.45, 2.75) is 0 Å². The van der Waals surface area contributed by atoms with Gasteiger partial charge in [0.05, 0.1) is 0 Å². The van der Waals surface area contributed by atoms with Crippen LogP contribution in [0.25, 0.3) is 11.5 Å². The molecule has 0 unspecified atom stereocenters. The van der Waals surface area contributed by atoms with Gasteiger partial charge in [-0.2, -0.15) is 0 Å². The number of nitrogens with zero attached hydrogens (tertiary/aromatic N) is 3. The number of aromatic amines is 1.